The molecule has 194 valence electrons. The molecule has 4 aromatic rings. The van der Waals surface area contributed by atoms with E-state index < -0.39 is 5.97 Å². The summed E-state index contributed by atoms with van der Waals surface area (Å²) in [7, 11) is 4.99. The largest absolute Gasteiger partial charge is 0.497 e. The van der Waals surface area contributed by atoms with Crippen molar-refractivity contribution in [3.05, 3.63) is 131 Å². The van der Waals surface area contributed by atoms with Crippen LogP contribution in [-0.2, 0) is 4.79 Å². The lowest BCUT2D eigenvalue weighted by atomic mass is 9.73. The van der Waals surface area contributed by atoms with Gasteiger partial charge in [0.05, 0.1) is 21.3 Å². The van der Waals surface area contributed by atoms with Crippen molar-refractivity contribution in [3.63, 3.8) is 0 Å². The van der Waals surface area contributed by atoms with Gasteiger partial charge in [0, 0.05) is 17.4 Å². The van der Waals surface area contributed by atoms with E-state index in [-0.39, 0.29) is 11.8 Å². The number of benzene rings is 4. The summed E-state index contributed by atoms with van der Waals surface area (Å²) in [4.78, 5) is 12.0. The summed E-state index contributed by atoms with van der Waals surface area (Å²) in [6.07, 6.45) is 0. The minimum absolute atomic E-state index is 0.0379. The zero-order valence-electron chi connectivity index (χ0n) is 22.1. The lowest BCUT2D eigenvalue weighted by molar-refractivity contribution is -0.130. The number of esters is 1. The topological polar surface area (TPSA) is 54.0 Å². The van der Waals surface area contributed by atoms with Crippen LogP contribution in [0, 0.1) is 0 Å². The van der Waals surface area contributed by atoms with Gasteiger partial charge in [-0.3, -0.25) is 0 Å². The van der Waals surface area contributed by atoms with E-state index in [0.717, 1.165) is 39.5 Å². The number of hydrogen-bond donors (Lipinski definition) is 0. The van der Waals surface area contributed by atoms with Gasteiger partial charge in [-0.15, -0.1) is 0 Å². The van der Waals surface area contributed by atoms with Crippen LogP contribution in [0.25, 0.3) is 0 Å². The highest BCUT2D eigenvalue weighted by atomic mass is 16.5. The van der Waals surface area contributed by atoms with Gasteiger partial charge in [-0.25, -0.2) is 4.79 Å². The van der Waals surface area contributed by atoms with Crippen LogP contribution in [0.4, 0.5) is 0 Å². The van der Waals surface area contributed by atoms with E-state index in [4.69, 9.17) is 18.9 Å². The van der Waals surface area contributed by atoms with Crippen LogP contribution in [-0.4, -0.2) is 27.3 Å². The van der Waals surface area contributed by atoms with Crippen molar-refractivity contribution >= 4 is 5.97 Å². The van der Waals surface area contributed by atoms with Crippen LogP contribution < -0.4 is 18.9 Å². The second-order valence-electron chi connectivity index (χ2n) is 9.01. The molecule has 0 heterocycles. The van der Waals surface area contributed by atoms with Gasteiger partial charge in [0.1, 0.15) is 23.0 Å². The van der Waals surface area contributed by atoms with Gasteiger partial charge < -0.3 is 18.9 Å². The molecule has 0 spiro atoms. The maximum Gasteiger partial charge on any atom is 0.338 e. The maximum absolute atomic E-state index is 12.0. The van der Waals surface area contributed by atoms with E-state index >= 15 is 0 Å². The third-order valence-corrected chi connectivity index (χ3v) is 6.56. The van der Waals surface area contributed by atoms with Crippen LogP contribution in [0.1, 0.15) is 41.0 Å². The molecule has 0 aromatic heterocycles. The Morgan fingerprint density at radius 3 is 1.03 bits per heavy atom. The zero-order valence-corrected chi connectivity index (χ0v) is 22.1. The highest BCUT2D eigenvalue weighted by molar-refractivity contribution is 5.88. The van der Waals surface area contributed by atoms with Crippen LogP contribution in [0.5, 0.6) is 23.0 Å². The van der Waals surface area contributed by atoms with Gasteiger partial charge in [0.15, 0.2) is 0 Å². The molecule has 0 bridgehead atoms. The van der Waals surface area contributed by atoms with Crippen molar-refractivity contribution < 1.29 is 23.7 Å². The number of methoxy groups -OCH3 is 3. The van der Waals surface area contributed by atoms with Gasteiger partial charge in [-0.2, -0.15) is 0 Å². The Bertz CT molecular complexity index is 1310. The average molecular weight is 509 g/mol. The first kappa shape index (κ1) is 26.6. The molecule has 0 saturated carbocycles. The van der Waals surface area contributed by atoms with Crippen LogP contribution in [0.2, 0.25) is 0 Å². The molecule has 0 aliphatic heterocycles. The van der Waals surface area contributed by atoms with E-state index in [2.05, 4.69) is 43.0 Å². The summed E-state index contributed by atoms with van der Waals surface area (Å²) >= 11 is 0. The Balaban J connectivity index is 1.86. The summed E-state index contributed by atoms with van der Waals surface area (Å²) in [5.41, 5.74) is 4.81. The summed E-state index contributed by atoms with van der Waals surface area (Å²) < 4.78 is 21.7. The minimum Gasteiger partial charge on any atom is -0.497 e. The average Bonchev–Trinajstić information content (AvgIpc) is 2.96. The summed E-state index contributed by atoms with van der Waals surface area (Å²) in [5, 5.41) is 0. The van der Waals surface area contributed by atoms with Gasteiger partial charge in [-0.05, 0) is 77.7 Å². The zero-order chi connectivity index (χ0) is 27.1. The first-order valence-corrected chi connectivity index (χ1v) is 12.3. The Labute approximate surface area is 224 Å². The predicted octanol–water partition coefficient (Wildman–Crippen LogP) is 7.16. The molecule has 5 heteroatoms. The molecule has 4 rings (SSSR count). The summed E-state index contributed by atoms with van der Waals surface area (Å²) in [6, 6.07) is 32.2. The molecule has 0 radical (unpaired) electrons. The lowest BCUT2D eigenvalue weighted by Crippen LogP contribution is -2.15. The van der Waals surface area contributed by atoms with Crippen molar-refractivity contribution in [2.45, 2.75) is 18.8 Å². The highest BCUT2D eigenvalue weighted by Crippen LogP contribution is 2.44. The lowest BCUT2D eigenvalue weighted by Gasteiger charge is -2.30. The molecule has 38 heavy (non-hydrogen) atoms. The maximum atomic E-state index is 12.0. The number of hydrogen-bond acceptors (Lipinski definition) is 5. The smallest absolute Gasteiger partial charge is 0.338 e. The Morgan fingerprint density at radius 1 is 0.526 bits per heavy atom. The van der Waals surface area contributed by atoms with Crippen molar-refractivity contribution in [3.8, 4) is 23.0 Å². The standard InChI is InChI=1S/C33H32O5/c1-22(2)33(34)38-30-20-12-26(13-21-30)32(25-10-18-29(37-5)19-11-25)31(23-6-14-27(35-3)15-7-23)24-8-16-28(36-4)17-9-24/h6-21,31-32H,1H2,2-5H3. The summed E-state index contributed by atoms with van der Waals surface area (Å²) in [6.45, 7) is 5.29. The molecule has 0 amide bonds. The normalized spacial score (nSPS) is 11.5. The van der Waals surface area contributed by atoms with E-state index in [1.165, 1.54) is 0 Å². The number of rotatable bonds is 10. The SMILES string of the molecule is C=C(C)C(=O)Oc1ccc(C(c2ccc(OC)cc2)C(c2ccc(OC)cc2)c2ccc(OC)cc2)cc1. The second kappa shape index (κ2) is 12.2. The predicted molar refractivity (Wildman–Crippen MR) is 150 cm³/mol. The van der Waals surface area contributed by atoms with Gasteiger partial charge in [-0.1, -0.05) is 55.1 Å². The van der Waals surface area contributed by atoms with Gasteiger partial charge in [0.25, 0.3) is 0 Å². The van der Waals surface area contributed by atoms with E-state index in [0.29, 0.717) is 11.3 Å². The molecular formula is C33H32O5. The first-order chi connectivity index (χ1) is 18.4. The van der Waals surface area contributed by atoms with Crippen molar-refractivity contribution in [2.24, 2.45) is 0 Å². The van der Waals surface area contributed by atoms with Crippen molar-refractivity contribution in [1.29, 1.82) is 0 Å². The fraction of sp³-hybridized carbons (Fsp3) is 0.182. The molecule has 0 N–H and O–H groups in total. The molecule has 0 aliphatic carbocycles. The van der Waals surface area contributed by atoms with Crippen molar-refractivity contribution in [2.75, 3.05) is 21.3 Å². The summed E-state index contributed by atoms with van der Waals surface area (Å²) in [5.74, 6) is 2.32. The molecule has 1 unspecified atom stereocenters. The molecule has 0 saturated heterocycles. The van der Waals surface area contributed by atoms with E-state index in [1.807, 2.05) is 60.7 Å². The molecule has 5 nitrogen and oxygen atoms in total. The Morgan fingerprint density at radius 2 is 0.789 bits per heavy atom. The van der Waals surface area contributed by atoms with Crippen LogP contribution in [0.15, 0.2) is 109 Å². The Kier molecular flexibility index (Phi) is 8.49. The second-order valence-corrected chi connectivity index (χ2v) is 9.01. The fourth-order valence-electron chi connectivity index (χ4n) is 4.53. The molecule has 1 atom stereocenters. The monoisotopic (exact) mass is 508 g/mol. The van der Waals surface area contributed by atoms with Crippen LogP contribution >= 0.6 is 0 Å². The minimum atomic E-state index is -0.446. The molecular weight excluding hydrogens is 476 g/mol. The first-order valence-electron chi connectivity index (χ1n) is 12.3. The highest BCUT2D eigenvalue weighted by Gasteiger charge is 2.29. The van der Waals surface area contributed by atoms with E-state index in [1.54, 1.807) is 28.3 Å². The third-order valence-electron chi connectivity index (χ3n) is 6.56. The number of carbonyl (C=O) groups is 1. The number of ether oxygens (including phenoxy) is 4. The quantitative estimate of drug-likeness (QED) is 0.129. The van der Waals surface area contributed by atoms with E-state index in [9.17, 15) is 4.79 Å². The molecule has 4 aromatic carbocycles. The third kappa shape index (κ3) is 6.06. The van der Waals surface area contributed by atoms with Gasteiger partial charge in [0.2, 0.25) is 0 Å². The molecule has 0 fully saturated rings. The van der Waals surface area contributed by atoms with Crippen molar-refractivity contribution in [1.82, 2.24) is 0 Å². The van der Waals surface area contributed by atoms with Crippen LogP contribution in [0.3, 0.4) is 0 Å². The molecule has 0 aliphatic rings. The van der Waals surface area contributed by atoms with Gasteiger partial charge >= 0.3 is 5.97 Å². The Hall–Kier alpha value is -4.51. The number of carbonyl (C=O) groups excluding carboxylic acids is 1. The fourth-order valence-corrected chi connectivity index (χ4v) is 4.53.